The fraction of sp³-hybridized carbons (Fsp3) is 0.750. The topological polar surface area (TPSA) is 32.3 Å². The van der Waals surface area contributed by atoms with Crippen molar-refractivity contribution in [2.75, 3.05) is 19.6 Å². The lowest BCUT2D eigenvalue weighted by molar-refractivity contribution is -0.114. The van der Waals surface area contributed by atoms with E-state index in [-0.39, 0.29) is 5.78 Å². The van der Waals surface area contributed by atoms with Gasteiger partial charge in [0.1, 0.15) is 0 Å². The maximum atomic E-state index is 11.0. The Bertz CT molecular complexity index is 269. The number of allylic oxidation sites excluding steroid dienone is 2. The van der Waals surface area contributed by atoms with Crippen molar-refractivity contribution in [3.05, 3.63) is 11.8 Å². The molecule has 3 nitrogen and oxygen atoms in total. The van der Waals surface area contributed by atoms with E-state index in [9.17, 15) is 4.79 Å². The minimum atomic E-state index is 0.270. The average molecular weight is 208 g/mol. The van der Waals surface area contributed by atoms with Crippen LogP contribution in [0.2, 0.25) is 0 Å². The number of ketones is 1. The van der Waals surface area contributed by atoms with Crippen molar-refractivity contribution in [3.63, 3.8) is 0 Å². The van der Waals surface area contributed by atoms with Crippen LogP contribution in [0.3, 0.4) is 0 Å². The molecule has 0 aromatic carbocycles. The quantitative estimate of drug-likeness (QED) is 0.714. The van der Waals surface area contributed by atoms with Gasteiger partial charge in [-0.05, 0) is 25.8 Å². The van der Waals surface area contributed by atoms with E-state index in [2.05, 4.69) is 17.1 Å². The van der Waals surface area contributed by atoms with Crippen LogP contribution in [-0.2, 0) is 4.79 Å². The Morgan fingerprint density at radius 1 is 1.47 bits per heavy atom. The van der Waals surface area contributed by atoms with E-state index >= 15 is 0 Å². The van der Waals surface area contributed by atoms with Crippen molar-refractivity contribution in [3.8, 4) is 0 Å². The summed E-state index contributed by atoms with van der Waals surface area (Å²) in [6.45, 7) is 5.44. The van der Waals surface area contributed by atoms with Crippen molar-refractivity contribution < 1.29 is 4.79 Å². The van der Waals surface area contributed by atoms with Gasteiger partial charge in [0.05, 0.1) is 0 Å². The highest BCUT2D eigenvalue weighted by Crippen LogP contribution is 2.25. The Kier molecular flexibility index (Phi) is 3.41. The highest BCUT2D eigenvalue weighted by molar-refractivity contribution is 5.92. The first-order chi connectivity index (χ1) is 7.29. The first-order valence-electron chi connectivity index (χ1n) is 6.01. The molecule has 0 atom stereocenters. The van der Waals surface area contributed by atoms with E-state index in [1.165, 1.54) is 12.8 Å². The van der Waals surface area contributed by atoms with E-state index in [4.69, 9.17) is 0 Å². The minimum Gasteiger partial charge on any atom is -0.387 e. The van der Waals surface area contributed by atoms with Gasteiger partial charge in [-0.3, -0.25) is 9.69 Å². The second-order valence-electron chi connectivity index (χ2n) is 4.42. The van der Waals surface area contributed by atoms with Gasteiger partial charge >= 0.3 is 0 Å². The standard InChI is InChI=1S/C12H20N2O/c1-2-14(11-4-5-11)8-7-13-10-3-6-12(15)9-10/h9,11,13H,2-8H2,1H3. The molecular weight excluding hydrogens is 188 g/mol. The summed E-state index contributed by atoms with van der Waals surface area (Å²) in [5.74, 6) is 0.270. The SMILES string of the molecule is CCN(CCNC1=CC(=O)CC1)C1CC1. The number of hydrogen-bond donors (Lipinski definition) is 1. The Morgan fingerprint density at radius 2 is 2.27 bits per heavy atom. The van der Waals surface area contributed by atoms with Gasteiger partial charge in [0.15, 0.2) is 5.78 Å². The second-order valence-corrected chi connectivity index (χ2v) is 4.42. The molecule has 0 bridgehead atoms. The third-order valence-corrected chi connectivity index (χ3v) is 3.20. The molecule has 0 spiro atoms. The van der Waals surface area contributed by atoms with E-state index in [0.29, 0.717) is 6.42 Å². The van der Waals surface area contributed by atoms with Crippen LogP contribution in [-0.4, -0.2) is 36.4 Å². The van der Waals surface area contributed by atoms with Gasteiger partial charge in [-0.2, -0.15) is 0 Å². The summed E-state index contributed by atoms with van der Waals surface area (Å²) < 4.78 is 0. The maximum absolute atomic E-state index is 11.0. The third-order valence-electron chi connectivity index (χ3n) is 3.20. The summed E-state index contributed by atoms with van der Waals surface area (Å²) in [7, 11) is 0. The summed E-state index contributed by atoms with van der Waals surface area (Å²) >= 11 is 0. The molecule has 0 aromatic heterocycles. The molecule has 0 aromatic rings. The predicted octanol–water partition coefficient (Wildman–Crippen LogP) is 1.31. The highest BCUT2D eigenvalue weighted by Gasteiger charge is 2.27. The van der Waals surface area contributed by atoms with Crippen LogP contribution in [0.4, 0.5) is 0 Å². The zero-order valence-electron chi connectivity index (χ0n) is 9.46. The zero-order valence-corrected chi connectivity index (χ0v) is 9.46. The molecule has 1 fully saturated rings. The summed E-state index contributed by atoms with van der Waals surface area (Å²) in [5, 5.41) is 3.36. The van der Waals surface area contributed by atoms with E-state index in [1.807, 2.05) is 0 Å². The first kappa shape index (κ1) is 10.7. The van der Waals surface area contributed by atoms with Crippen LogP contribution in [0, 0.1) is 0 Å². The number of likely N-dealkylation sites (N-methyl/N-ethyl adjacent to an activating group) is 1. The maximum Gasteiger partial charge on any atom is 0.157 e. The van der Waals surface area contributed by atoms with Gasteiger partial charge in [-0.1, -0.05) is 6.92 Å². The highest BCUT2D eigenvalue weighted by atomic mass is 16.1. The van der Waals surface area contributed by atoms with Gasteiger partial charge < -0.3 is 5.32 Å². The summed E-state index contributed by atoms with van der Waals surface area (Å²) in [6.07, 6.45) is 6.11. The lowest BCUT2D eigenvalue weighted by Gasteiger charge is -2.20. The van der Waals surface area contributed by atoms with Crippen molar-refractivity contribution >= 4 is 5.78 Å². The number of carbonyl (C=O) groups is 1. The van der Waals surface area contributed by atoms with Crippen LogP contribution in [0.15, 0.2) is 11.8 Å². The molecule has 0 saturated heterocycles. The van der Waals surface area contributed by atoms with Gasteiger partial charge in [0, 0.05) is 37.3 Å². The van der Waals surface area contributed by atoms with Gasteiger partial charge in [0.25, 0.3) is 0 Å². The minimum absolute atomic E-state index is 0.270. The van der Waals surface area contributed by atoms with Crippen molar-refractivity contribution in [2.24, 2.45) is 0 Å². The molecule has 0 aliphatic heterocycles. The van der Waals surface area contributed by atoms with Crippen LogP contribution in [0.1, 0.15) is 32.6 Å². The Balaban J connectivity index is 1.65. The number of nitrogens with one attached hydrogen (secondary N) is 1. The average Bonchev–Trinajstić information content (AvgIpc) is 2.98. The molecule has 0 amide bonds. The Hall–Kier alpha value is -0.830. The molecule has 2 aliphatic carbocycles. The second kappa shape index (κ2) is 4.79. The van der Waals surface area contributed by atoms with Crippen molar-refractivity contribution in [2.45, 2.75) is 38.6 Å². The fourth-order valence-corrected chi connectivity index (χ4v) is 2.13. The van der Waals surface area contributed by atoms with Gasteiger partial charge in [-0.15, -0.1) is 0 Å². The van der Waals surface area contributed by atoms with Crippen LogP contribution >= 0.6 is 0 Å². The summed E-state index contributed by atoms with van der Waals surface area (Å²) in [4.78, 5) is 13.5. The number of carbonyl (C=O) groups excluding carboxylic acids is 1. The van der Waals surface area contributed by atoms with Crippen LogP contribution in [0.5, 0.6) is 0 Å². The predicted molar refractivity (Wildman–Crippen MR) is 60.6 cm³/mol. The third kappa shape index (κ3) is 3.06. The van der Waals surface area contributed by atoms with Crippen LogP contribution in [0.25, 0.3) is 0 Å². The Labute approximate surface area is 91.5 Å². The molecule has 0 radical (unpaired) electrons. The molecule has 1 saturated carbocycles. The number of nitrogens with zero attached hydrogens (tertiary/aromatic N) is 1. The Morgan fingerprint density at radius 3 is 2.80 bits per heavy atom. The molecule has 0 unspecified atom stereocenters. The molecule has 3 heteroatoms. The van der Waals surface area contributed by atoms with Gasteiger partial charge in [0.2, 0.25) is 0 Å². The number of hydrogen-bond acceptors (Lipinski definition) is 3. The molecule has 15 heavy (non-hydrogen) atoms. The first-order valence-corrected chi connectivity index (χ1v) is 6.01. The lowest BCUT2D eigenvalue weighted by atomic mass is 10.3. The molecule has 2 aliphatic rings. The normalized spacial score (nSPS) is 20.9. The monoisotopic (exact) mass is 208 g/mol. The number of rotatable bonds is 6. The van der Waals surface area contributed by atoms with E-state index in [1.54, 1.807) is 6.08 Å². The van der Waals surface area contributed by atoms with Crippen molar-refractivity contribution in [1.82, 2.24) is 10.2 Å². The van der Waals surface area contributed by atoms with E-state index in [0.717, 1.165) is 37.8 Å². The molecular formula is C12H20N2O. The van der Waals surface area contributed by atoms with E-state index < -0.39 is 0 Å². The fourth-order valence-electron chi connectivity index (χ4n) is 2.13. The summed E-state index contributed by atoms with van der Waals surface area (Å²) in [5.41, 5.74) is 1.13. The van der Waals surface area contributed by atoms with Crippen LogP contribution < -0.4 is 5.32 Å². The van der Waals surface area contributed by atoms with Gasteiger partial charge in [-0.25, -0.2) is 0 Å². The molecule has 2 rings (SSSR count). The molecule has 0 heterocycles. The molecule has 84 valence electrons. The summed E-state index contributed by atoms with van der Waals surface area (Å²) in [6, 6.07) is 0.844. The van der Waals surface area contributed by atoms with Crippen molar-refractivity contribution in [1.29, 1.82) is 0 Å². The smallest absolute Gasteiger partial charge is 0.157 e. The lowest BCUT2D eigenvalue weighted by Crippen LogP contribution is -2.33. The largest absolute Gasteiger partial charge is 0.387 e. The zero-order chi connectivity index (χ0) is 10.7. The molecule has 1 N–H and O–H groups in total.